The molecule has 2 atom stereocenters. The Morgan fingerprint density at radius 2 is 1.09 bits per heavy atom. The Kier molecular flexibility index (Phi) is 6.27. The number of halogens is 1. The molecule has 1 heterocycles. The van der Waals surface area contributed by atoms with E-state index in [4.69, 9.17) is 0 Å². The van der Waals surface area contributed by atoms with Crippen molar-refractivity contribution in [2.45, 2.75) is 32.2 Å². The Morgan fingerprint density at radius 3 is 1.60 bits per heavy atom. The molecule has 0 saturated heterocycles. The number of aliphatic hydroxyl groups excluding tert-OH is 1. The first-order chi connectivity index (χ1) is 16.5. The van der Waals surface area contributed by atoms with Crippen molar-refractivity contribution in [3.63, 3.8) is 0 Å². The molecule has 3 heteroatoms. The van der Waals surface area contributed by atoms with Gasteiger partial charge in [0.15, 0.2) is 0 Å². The van der Waals surface area contributed by atoms with Gasteiger partial charge in [-0.1, -0.05) is 103 Å². The van der Waals surface area contributed by atoms with Crippen molar-refractivity contribution >= 4 is 21.5 Å². The molecule has 1 aliphatic heterocycles. The van der Waals surface area contributed by atoms with E-state index in [1.165, 1.54) is 43.8 Å². The molecule has 1 N–H and O–H groups in total. The average molecular weight is 525 g/mol. The Morgan fingerprint density at radius 1 is 0.629 bits per heavy atom. The van der Waals surface area contributed by atoms with Gasteiger partial charge in [0.2, 0.25) is 0 Å². The normalized spacial score (nSPS) is 16.0. The highest BCUT2D eigenvalue weighted by atomic mass is 79.9. The fourth-order valence-electron chi connectivity index (χ4n) is 5.88. The highest BCUT2D eigenvalue weighted by Gasteiger charge is 2.39. The summed E-state index contributed by atoms with van der Waals surface area (Å²) < 4.78 is 0.743. The first kappa shape index (κ1) is 23.7. The molecule has 0 fully saturated rings. The van der Waals surface area contributed by atoms with Crippen molar-refractivity contribution in [1.82, 2.24) is 0 Å². The number of hydrogen-bond donors (Lipinski definition) is 1. The summed E-state index contributed by atoms with van der Waals surface area (Å²) in [5.74, 6) is 0. The van der Waals surface area contributed by atoms with Gasteiger partial charge in [-0.3, -0.25) is 0 Å². The molecule has 5 aromatic carbocycles. The van der Waals surface area contributed by atoms with Gasteiger partial charge in [0.1, 0.15) is 25.2 Å². The number of nitrogens with zero attached hydrogens (tertiary/aromatic N) is 1. The summed E-state index contributed by atoms with van der Waals surface area (Å²) in [5, 5.41) is 16.6. The van der Waals surface area contributed by atoms with Gasteiger partial charge in [0.25, 0.3) is 0 Å². The molecule has 0 spiro atoms. The zero-order chi connectivity index (χ0) is 23.3. The summed E-state index contributed by atoms with van der Waals surface area (Å²) in [6, 6.07) is 36.7. The van der Waals surface area contributed by atoms with Crippen LogP contribution >= 0.6 is 0 Å². The van der Waals surface area contributed by atoms with Gasteiger partial charge in [-0.15, -0.1) is 0 Å². The van der Waals surface area contributed by atoms with E-state index in [9.17, 15) is 5.11 Å². The van der Waals surface area contributed by atoms with Gasteiger partial charge < -0.3 is 26.6 Å². The zero-order valence-corrected chi connectivity index (χ0v) is 21.7. The van der Waals surface area contributed by atoms with Crippen molar-refractivity contribution in [1.29, 1.82) is 0 Å². The summed E-state index contributed by atoms with van der Waals surface area (Å²) in [7, 11) is 2.31. The van der Waals surface area contributed by atoms with Crippen molar-refractivity contribution in [3.8, 4) is 11.1 Å². The third kappa shape index (κ3) is 3.98. The van der Waals surface area contributed by atoms with E-state index in [1.807, 2.05) is 30.3 Å². The molecule has 0 radical (unpaired) electrons. The number of hydrogen-bond acceptors (Lipinski definition) is 1. The van der Waals surface area contributed by atoms with E-state index in [-0.39, 0.29) is 23.0 Å². The Hall–Kier alpha value is -2.98. The molecule has 0 aliphatic carbocycles. The molecule has 0 bridgehead atoms. The van der Waals surface area contributed by atoms with Crippen LogP contribution in [0.3, 0.4) is 0 Å². The van der Waals surface area contributed by atoms with Gasteiger partial charge in [-0.25, -0.2) is 0 Å². The van der Waals surface area contributed by atoms with E-state index in [0.29, 0.717) is 0 Å². The van der Waals surface area contributed by atoms with E-state index in [0.717, 1.165) is 23.1 Å². The second-order valence-electron chi connectivity index (χ2n) is 10.0. The second-order valence-corrected chi connectivity index (χ2v) is 10.0. The lowest BCUT2D eigenvalue weighted by molar-refractivity contribution is -0.960. The molecule has 35 heavy (non-hydrogen) atoms. The van der Waals surface area contributed by atoms with Crippen LogP contribution in [-0.2, 0) is 13.1 Å². The molecule has 176 valence electrons. The summed E-state index contributed by atoms with van der Waals surface area (Å²) in [6.07, 6.45) is -0.530. The molecule has 5 aromatic rings. The summed E-state index contributed by atoms with van der Waals surface area (Å²) >= 11 is 0. The van der Waals surface area contributed by atoms with Gasteiger partial charge in [0, 0.05) is 11.1 Å². The molecular formula is C32H30BrNO. The molecule has 0 aromatic heterocycles. The quantitative estimate of drug-likeness (QED) is 0.350. The molecule has 0 amide bonds. The molecular weight excluding hydrogens is 494 g/mol. The van der Waals surface area contributed by atoms with Crippen LogP contribution in [-0.4, -0.2) is 22.7 Å². The number of fused-ring (bicyclic) bond motifs is 7. The first-order valence-electron chi connectivity index (χ1n) is 12.1. The van der Waals surface area contributed by atoms with Gasteiger partial charge in [-0.2, -0.15) is 0 Å². The lowest BCUT2D eigenvalue weighted by Crippen LogP contribution is -3.00. The van der Waals surface area contributed by atoms with Gasteiger partial charge in [-0.05, 0) is 45.2 Å². The van der Waals surface area contributed by atoms with E-state index >= 15 is 0 Å². The van der Waals surface area contributed by atoms with E-state index in [1.54, 1.807) is 0 Å². The van der Waals surface area contributed by atoms with Crippen molar-refractivity contribution in [2.75, 3.05) is 7.05 Å². The minimum atomic E-state index is -0.530. The van der Waals surface area contributed by atoms with Crippen LogP contribution in [0.15, 0.2) is 103 Å². The number of likely N-dealkylation sites (N-methyl/N-ethyl adjacent to an activating group) is 1. The minimum Gasteiger partial charge on any atom is -1.00 e. The summed E-state index contributed by atoms with van der Waals surface area (Å²) in [6.45, 7) is 3.94. The van der Waals surface area contributed by atoms with Gasteiger partial charge >= 0.3 is 0 Å². The maximum atomic E-state index is 11.4. The van der Waals surface area contributed by atoms with Crippen LogP contribution in [0.2, 0.25) is 0 Å². The van der Waals surface area contributed by atoms with E-state index in [2.05, 4.69) is 86.8 Å². The van der Waals surface area contributed by atoms with E-state index < -0.39 is 6.10 Å². The predicted molar refractivity (Wildman–Crippen MR) is 141 cm³/mol. The number of aliphatic hydroxyl groups is 1. The number of rotatable bonds is 3. The predicted octanol–water partition coefficient (Wildman–Crippen LogP) is 4.25. The zero-order valence-electron chi connectivity index (χ0n) is 20.2. The first-order valence-corrected chi connectivity index (χ1v) is 12.1. The highest BCUT2D eigenvalue weighted by molar-refractivity contribution is 6.07. The summed E-state index contributed by atoms with van der Waals surface area (Å²) in [4.78, 5) is 0. The van der Waals surface area contributed by atoms with Crippen LogP contribution in [0.1, 0.15) is 29.7 Å². The molecule has 0 unspecified atom stereocenters. The minimum absolute atomic E-state index is 0. The lowest BCUT2D eigenvalue weighted by atomic mass is 9.88. The van der Waals surface area contributed by atoms with Crippen LogP contribution in [0.4, 0.5) is 0 Å². The van der Waals surface area contributed by atoms with Crippen LogP contribution in [0, 0.1) is 0 Å². The fraction of sp³-hybridized carbons (Fsp3) is 0.188. The lowest BCUT2D eigenvalue weighted by Gasteiger charge is -2.42. The number of quaternary nitrogens is 1. The van der Waals surface area contributed by atoms with Crippen LogP contribution in [0.25, 0.3) is 32.7 Å². The Bertz CT molecular complexity index is 1420. The average Bonchev–Trinajstić information content (AvgIpc) is 3.02. The Labute approximate surface area is 217 Å². The molecule has 0 saturated carbocycles. The van der Waals surface area contributed by atoms with Gasteiger partial charge in [0.05, 0.1) is 7.05 Å². The van der Waals surface area contributed by atoms with Crippen LogP contribution < -0.4 is 17.0 Å². The highest BCUT2D eigenvalue weighted by Crippen LogP contribution is 2.44. The maximum Gasteiger partial charge on any atom is 0.130 e. The number of benzene rings is 5. The van der Waals surface area contributed by atoms with Crippen LogP contribution in [0.5, 0.6) is 0 Å². The van der Waals surface area contributed by atoms with Crippen molar-refractivity contribution in [3.05, 3.63) is 120 Å². The topological polar surface area (TPSA) is 20.2 Å². The van der Waals surface area contributed by atoms with Crippen molar-refractivity contribution < 1.29 is 26.6 Å². The maximum absolute atomic E-state index is 11.4. The van der Waals surface area contributed by atoms with Crippen molar-refractivity contribution in [2.24, 2.45) is 0 Å². The SMILES string of the molecule is C[C@@H]([C@H](O)c1ccccc1)[N+]1(C)Cc2ccc3ccccc3c2-c2c(ccc3ccccc23)C1.[Br-]. The third-order valence-corrected chi connectivity index (χ3v) is 7.93. The largest absolute Gasteiger partial charge is 1.00 e. The molecule has 1 aliphatic rings. The fourth-order valence-corrected chi connectivity index (χ4v) is 5.88. The third-order valence-electron chi connectivity index (χ3n) is 7.93. The smallest absolute Gasteiger partial charge is 0.130 e. The molecule has 6 rings (SSSR count). The monoisotopic (exact) mass is 523 g/mol. The molecule has 2 nitrogen and oxygen atoms in total. The Balaban J connectivity index is 0.00000253. The standard InChI is InChI=1S/C32H30NO.BrH/c1-22(32(34)25-12-4-3-5-13-25)33(2)20-26-18-16-23-10-6-8-14-28(23)30(26)31-27(21-33)19-17-24-11-7-9-15-29(24)31;/h3-19,22,32,34H,20-21H2,1-2H3;1H/q+1;/p-1/t22-,32-;/m0./s1. The summed E-state index contributed by atoms with van der Waals surface area (Å²) in [5.41, 5.74) is 6.39. The second kappa shape index (κ2) is 9.23.